The molecule has 1 aliphatic rings. The van der Waals surface area contributed by atoms with E-state index < -0.39 is 0 Å². The van der Waals surface area contributed by atoms with Crippen molar-refractivity contribution in [1.29, 1.82) is 0 Å². The zero-order valence-corrected chi connectivity index (χ0v) is 9.33. The van der Waals surface area contributed by atoms with E-state index in [2.05, 4.69) is 10.3 Å². The van der Waals surface area contributed by atoms with Crippen molar-refractivity contribution in [3.05, 3.63) is 29.0 Å². The molecule has 82 valence electrons. The molecule has 0 radical (unpaired) electrons. The highest BCUT2D eigenvalue weighted by Crippen LogP contribution is 2.16. The Morgan fingerprint density at radius 2 is 2.53 bits per heavy atom. The molecule has 0 amide bonds. The average Bonchev–Trinajstić information content (AvgIpc) is 2.29. The van der Waals surface area contributed by atoms with Crippen LogP contribution in [0.25, 0.3) is 0 Å². The predicted molar refractivity (Wildman–Crippen MR) is 59.9 cm³/mol. The normalized spacial score (nSPS) is 21.5. The Balaban J connectivity index is 1.84. The monoisotopic (exact) mass is 226 g/mol. The molecule has 1 aromatic rings. The van der Waals surface area contributed by atoms with Crippen molar-refractivity contribution in [3.63, 3.8) is 0 Å². The van der Waals surface area contributed by atoms with E-state index >= 15 is 0 Å². The highest BCUT2D eigenvalue weighted by molar-refractivity contribution is 6.31. The Labute approximate surface area is 94.8 Å². The first-order valence-electron chi connectivity index (χ1n) is 5.27. The van der Waals surface area contributed by atoms with E-state index in [4.69, 9.17) is 16.3 Å². The van der Waals surface area contributed by atoms with Crippen molar-refractivity contribution in [3.8, 4) is 0 Å². The molecule has 0 saturated carbocycles. The Bertz CT molecular complexity index is 313. The lowest BCUT2D eigenvalue weighted by molar-refractivity contribution is 0.0253. The molecule has 3 nitrogen and oxygen atoms in total. The molecule has 1 fully saturated rings. The van der Waals surface area contributed by atoms with Crippen LogP contribution in [0.15, 0.2) is 18.5 Å². The van der Waals surface area contributed by atoms with Gasteiger partial charge in [0.1, 0.15) is 0 Å². The van der Waals surface area contributed by atoms with E-state index in [1.165, 1.54) is 6.42 Å². The zero-order valence-electron chi connectivity index (χ0n) is 8.58. The van der Waals surface area contributed by atoms with Gasteiger partial charge < -0.3 is 10.1 Å². The van der Waals surface area contributed by atoms with Crippen LogP contribution >= 0.6 is 11.6 Å². The molecule has 15 heavy (non-hydrogen) atoms. The first kappa shape index (κ1) is 10.9. The molecular weight excluding hydrogens is 212 g/mol. The van der Waals surface area contributed by atoms with Crippen LogP contribution in [-0.2, 0) is 11.3 Å². The Morgan fingerprint density at radius 1 is 1.60 bits per heavy atom. The summed E-state index contributed by atoms with van der Waals surface area (Å²) in [6.07, 6.45) is 6.04. The molecule has 0 bridgehead atoms. The minimum atomic E-state index is 0.322. The number of rotatable bonds is 3. The van der Waals surface area contributed by atoms with Crippen LogP contribution in [0.3, 0.4) is 0 Å². The van der Waals surface area contributed by atoms with E-state index in [1.54, 1.807) is 12.4 Å². The molecular formula is C11H15ClN2O. The van der Waals surface area contributed by atoms with Gasteiger partial charge in [0.05, 0.1) is 17.7 Å². The second-order valence-electron chi connectivity index (χ2n) is 3.75. The van der Waals surface area contributed by atoms with Crippen molar-refractivity contribution in [1.82, 2.24) is 10.3 Å². The van der Waals surface area contributed by atoms with Crippen molar-refractivity contribution in [2.45, 2.75) is 25.6 Å². The number of ether oxygens (including phenoxy) is 1. The standard InChI is InChI=1S/C11H15ClN2O/c12-11-7-14-5-3-9(11)8-15-10-2-1-4-13-6-10/h3,5,7,10,13H,1-2,4,6,8H2/t10-/m0/s1. The molecule has 2 rings (SSSR count). The molecule has 0 aromatic carbocycles. The largest absolute Gasteiger partial charge is 0.372 e. The highest BCUT2D eigenvalue weighted by atomic mass is 35.5. The summed E-state index contributed by atoms with van der Waals surface area (Å²) in [5, 5.41) is 4.00. The lowest BCUT2D eigenvalue weighted by Gasteiger charge is -2.23. The van der Waals surface area contributed by atoms with Gasteiger partial charge in [-0.1, -0.05) is 11.6 Å². The number of hydrogen-bond donors (Lipinski definition) is 1. The van der Waals surface area contributed by atoms with Gasteiger partial charge >= 0.3 is 0 Å². The Morgan fingerprint density at radius 3 is 3.27 bits per heavy atom. The number of nitrogens with one attached hydrogen (secondary N) is 1. The minimum Gasteiger partial charge on any atom is -0.372 e. The van der Waals surface area contributed by atoms with Gasteiger partial charge in [-0.15, -0.1) is 0 Å². The summed E-state index contributed by atoms with van der Waals surface area (Å²) in [5.41, 5.74) is 1.01. The fraction of sp³-hybridized carbons (Fsp3) is 0.545. The minimum absolute atomic E-state index is 0.322. The summed E-state index contributed by atoms with van der Waals surface area (Å²) < 4.78 is 5.78. The van der Waals surface area contributed by atoms with Gasteiger partial charge in [-0.3, -0.25) is 4.98 Å². The number of piperidine rings is 1. The van der Waals surface area contributed by atoms with Gasteiger partial charge in [0.2, 0.25) is 0 Å². The van der Waals surface area contributed by atoms with Crippen molar-refractivity contribution in [2.75, 3.05) is 13.1 Å². The van der Waals surface area contributed by atoms with Crippen LogP contribution in [0.1, 0.15) is 18.4 Å². The second kappa shape index (κ2) is 5.45. The maximum atomic E-state index is 5.98. The van der Waals surface area contributed by atoms with E-state index in [-0.39, 0.29) is 0 Å². The molecule has 0 spiro atoms. The molecule has 2 heterocycles. The van der Waals surface area contributed by atoms with E-state index in [0.717, 1.165) is 25.1 Å². The third kappa shape index (κ3) is 3.16. The second-order valence-corrected chi connectivity index (χ2v) is 4.15. The Hall–Kier alpha value is -0.640. The summed E-state index contributed by atoms with van der Waals surface area (Å²) in [4.78, 5) is 3.94. The average molecular weight is 227 g/mol. The number of aromatic nitrogens is 1. The number of hydrogen-bond acceptors (Lipinski definition) is 3. The predicted octanol–water partition coefficient (Wildman–Crippen LogP) is 2.00. The van der Waals surface area contributed by atoms with Gasteiger partial charge in [0, 0.05) is 18.9 Å². The summed E-state index contributed by atoms with van der Waals surface area (Å²) >= 11 is 5.98. The fourth-order valence-corrected chi connectivity index (χ4v) is 1.86. The smallest absolute Gasteiger partial charge is 0.0736 e. The van der Waals surface area contributed by atoms with Crippen LogP contribution in [0, 0.1) is 0 Å². The summed E-state index contributed by atoms with van der Waals surface area (Å²) in [6, 6.07) is 1.90. The summed E-state index contributed by atoms with van der Waals surface area (Å²) in [7, 11) is 0. The van der Waals surface area contributed by atoms with Gasteiger partial charge in [0.25, 0.3) is 0 Å². The number of halogens is 1. The van der Waals surface area contributed by atoms with Crippen LogP contribution in [0.4, 0.5) is 0 Å². The molecule has 0 unspecified atom stereocenters. The first-order chi connectivity index (χ1) is 7.36. The molecule has 1 aromatic heterocycles. The fourth-order valence-electron chi connectivity index (χ4n) is 1.69. The number of nitrogens with zero attached hydrogens (tertiary/aromatic N) is 1. The van der Waals surface area contributed by atoms with E-state index in [1.807, 2.05) is 6.07 Å². The molecule has 1 saturated heterocycles. The molecule has 4 heteroatoms. The Kier molecular flexibility index (Phi) is 3.94. The van der Waals surface area contributed by atoms with Crippen molar-refractivity contribution >= 4 is 11.6 Å². The third-order valence-corrected chi connectivity index (χ3v) is 2.92. The topological polar surface area (TPSA) is 34.1 Å². The molecule has 1 aliphatic heterocycles. The lowest BCUT2D eigenvalue weighted by Crippen LogP contribution is -2.35. The first-order valence-corrected chi connectivity index (χ1v) is 5.65. The van der Waals surface area contributed by atoms with Crippen LogP contribution in [0.2, 0.25) is 5.02 Å². The van der Waals surface area contributed by atoms with Crippen LogP contribution < -0.4 is 5.32 Å². The number of pyridine rings is 1. The third-order valence-electron chi connectivity index (χ3n) is 2.58. The van der Waals surface area contributed by atoms with Crippen LogP contribution in [-0.4, -0.2) is 24.2 Å². The summed E-state index contributed by atoms with van der Waals surface area (Å²) in [6.45, 7) is 2.63. The van der Waals surface area contributed by atoms with E-state index in [9.17, 15) is 0 Å². The van der Waals surface area contributed by atoms with Crippen LogP contribution in [0.5, 0.6) is 0 Å². The summed E-state index contributed by atoms with van der Waals surface area (Å²) in [5.74, 6) is 0. The van der Waals surface area contributed by atoms with Gasteiger partial charge in [-0.05, 0) is 31.0 Å². The zero-order chi connectivity index (χ0) is 10.5. The SMILES string of the molecule is Clc1cnccc1CO[C@H]1CCCNC1. The van der Waals surface area contributed by atoms with Crippen molar-refractivity contribution < 1.29 is 4.74 Å². The van der Waals surface area contributed by atoms with Gasteiger partial charge in [0.15, 0.2) is 0 Å². The highest BCUT2D eigenvalue weighted by Gasteiger charge is 2.13. The van der Waals surface area contributed by atoms with Crippen molar-refractivity contribution in [2.24, 2.45) is 0 Å². The van der Waals surface area contributed by atoms with E-state index in [0.29, 0.717) is 17.7 Å². The maximum Gasteiger partial charge on any atom is 0.0736 e. The molecule has 1 N–H and O–H groups in total. The van der Waals surface area contributed by atoms with Gasteiger partial charge in [-0.25, -0.2) is 0 Å². The molecule has 0 aliphatic carbocycles. The van der Waals surface area contributed by atoms with Gasteiger partial charge in [-0.2, -0.15) is 0 Å². The quantitative estimate of drug-likeness (QED) is 0.856. The molecule has 1 atom stereocenters. The lowest BCUT2D eigenvalue weighted by atomic mass is 10.1. The maximum absolute atomic E-state index is 5.98.